The van der Waals surface area contributed by atoms with E-state index in [-0.39, 0.29) is 41.0 Å². The van der Waals surface area contributed by atoms with Gasteiger partial charge in [0.25, 0.3) is 0 Å². The van der Waals surface area contributed by atoms with Crippen LogP contribution in [0.3, 0.4) is 0 Å². The molecular weight excluding hydrogens is 427 g/mol. The molecule has 152 valence electrons. The number of aryl methyl sites for hydroxylation is 2. The van der Waals surface area contributed by atoms with Crippen LogP contribution in [-0.4, -0.2) is 51.6 Å². The van der Waals surface area contributed by atoms with Crippen LogP contribution in [0.2, 0.25) is 5.02 Å². The minimum absolute atomic E-state index is 0.00139. The van der Waals surface area contributed by atoms with Crippen molar-refractivity contribution in [3.8, 4) is 0 Å². The van der Waals surface area contributed by atoms with Crippen molar-refractivity contribution >= 4 is 31.6 Å². The summed E-state index contributed by atoms with van der Waals surface area (Å²) in [6, 6.07) is 8.13. The van der Waals surface area contributed by atoms with Gasteiger partial charge < -0.3 is 0 Å². The van der Waals surface area contributed by atoms with Crippen molar-refractivity contribution in [1.29, 1.82) is 0 Å². The molecule has 0 saturated carbocycles. The van der Waals surface area contributed by atoms with E-state index >= 15 is 0 Å². The van der Waals surface area contributed by atoms with Gasteiger partial charge in [-0.1, -0.05) is 17.7 Å². The fourth-order valence-corrected chi connectivity index (χ4v) is 6.16. The lowest BCUT2D eigenvalue weighted by molar-refractivity contribution is 0.273. The van der Waals surface area contributed by atoms with Gasteiger partial charge in [-0.2, -0.15) is 8.61 Å². The van der Waals surface area contributed by atoms with E-state index in [9.17, 15) is 21.2 Å². The molecule has 1 fully saturated rings. The van der Waals surface area contributed by atoms with Gasteiger partial charge in [0.1, 0.15) is 5.82 Å². The minimum atomic E-state index is -3.89. The van der Waals surface area contributed by atoms with Crippen molar-refractivity contribution in [2.75, 3.05) is 26.2 Å². The zero-order chi connectivity index (χ0) is 20.7. The van der Waals surface area contributed by atoms with Crippen molar-refractivity contribution in [1.82, 2.24) is 8.61 Å². The van der Waals surface area contributed by atoms with Crippen molar-refractivity contribution < 1.29 is 21.2 Å². The van der Waals surface area contributed by atoms with E-state index in [1.807, 2.05) is 13.8 Å². The molecule has 1 heterocycles. The molecule has 0 radical (unpaired) electrons. The predicted octanol–water partition coefficient (Wildman–Crippen LogP) is 2.79. The van der Waals surface area contributed by atoms with Gasteiger partial charge in [-0.05, 0) is 55.3 Å². The maximum absolute atomic E-state index is 13.3. The first kappa shape index (κ1) is 21.2. The molecule has 0 bridgehead atoms. The highest BCUT2D eigenvalue weighted by molar-refractivity contribution is 7.89. The molecule has 1 aliphatic heterocycles. The van der Waals surface area contributed by atoms with Crippen LogP contribution < -0.4 is 0 Å². The smallest absolute Gasteiger partial charge is 0.207 e. The SMILES string of the molecule is Cc1ccc(S(=O)(=O)N2CCN(S(=O)(=O)c3ccc(F)c(Cl)c3)CC2)cc1C. The number of rotatable bonds is 4. The van der Waals surface area contributed by atoms with E-state index in [2.05, 4.69) is 0 Å². The van der Waals surface area contributed by atoms with Gasteiger partial charge in [0.15, 0.2) is 0 Å². The van der Waals surface area contributed by atoms with Gasteiger partial charge in [-0.3, -0.25) is 0 Å². The number of piperazine rings is 1. The molecule has 28 heavy (non-hydrogen) atoms. The van der Waals surface area contributed by atoms with Crippen LogP contribution in [0, 0.1) is 19.7 Å². The van der Waals surface area contributed by atoms with E-state index in [1.54, 1.807) is 18.2 Å². The van der Waals surface area contributed by atoms with Crippen LogP contribution >= 0.6 is 11.6 Å². The maximum atomic E-state index is 13.3. The quantitative estimate of drug-likeness (QED) is 0.723. The van der Waals surface area contributed by atoms with E-state index < -0.39 is 25.9 Å². The van der Waals surface area contributed by atoms with Gasteiger partial charge in [0.2, 0.25) is 20.0 Å². The average molecular weight is 447 g/mol. The fourth-order valence-electron chi connectivity index (χ4n) is 2.96. The Morgan fingerprint density at radius 2 is 1.25 bits per heavy atom. The van der Waals surface area contributed by atoms with Crippen molar-refractivity contribution in [2.24, 2.45) is 0 Å². The summed E-state index contributed by atoms with van der Waals surface area (Å²) in [5, 5.41) is -0.281. The molecule has 1 saturated heterocycles. The first-order chi connectivity index (χ1) is 13.0. The van der Waals surface area contributed by atoms with Gasteiger partial charge in [-0.15, -0.1) is 0 Å². The number of sulfonamides is 2. The summed E-state index contributed by atoms with van der Waals surface area (Å²) >= 11 is 5.69. The van der Waals surface area contributed by atoms with Gasteiger partial charge in [0, 0.05) is 26.2 Å². The van der Waals surface area contributed by atoms with E-state index in [0.717, 1.165) is 29.3 Å². The first-order valence-electron chi connectivity index (χ1n) is 8.56. The average Bonchev–Trinajstić information content (AvgIpc) is 2.66. The summed E-state index contributed by atoms with van der Waals surface area (Å²) in [4.78, 5) is 0.0709. The third-order valence-corrected chi connectivity index (χ3v) is 8.92. The lowest BCUT2D eigenvalue weighted by atomic mass is 10.1. The Hall–Kier alpha value is -1.52. The van der Waals surface area contributed by atoms with Crippen LogP contribution in [-0.2, 0) is 20.0 Å². The summed E-state index contributed by atoms with van der Waals surface area (Å²) in [7, 11) is -7.59. The van der Waals surface area contributed by atoms with E-state index in [4.69, 9.17) is 11.6 Å². The molecule has 0 unspecified atom stereocenters. The molecule has 0 aliphatic carbocycles. The summed E-state index contributed by atoms with van der Waals surface area (Å²) < 4.78 is 67.0. The van der Waals surface area contributed by atoms with Crippen LogP contribution in [0.15, 0.2) is 46.2 Å². The Morgan fingerprint density at radius 3 is 1.71 bits per heavy atom. The molecule has 6 nitrogen and oxygen atoms in total. The highest BCUT2D eigenvalue weighted by Crippen LogP contribution is 2.25. The lowest BCUT2D eigenvalue weighted by Gasteiger charge is -2.33. The summed E-state index contributed by atoms with van der Waals surface area (Å²) in [6.07, 6.45) is 0. The second-order valence-electron chi connectivity index (χ2n) is 6.63. The monoisotopic (exact) mass is 446 g/mol. The summed E-state index contributed by atoms with van der Waals surface area (Å²) in [6.45, 7) is 3.80. The van der Waals surface area contributed by atoms with Gasteiger partial charge in [-0.25, -0.2) is 21.2 Å². The number of hydrogen-bond donors (Lipinski definition) is 0. The highest BCUT2D eigenvalue weighted by Gasteiger charge is 2.34. The van der Waals surface area contributed by atoms with Crippen LogP contribution in [0.25, 0.3) is 0 Å². The molecule has 2 aromatic rings. The zero-order valence-corrected chi connectivity index (χ0v) is 17.8. The van der Waals surface area contributed by atoms with Crippen LogP contribution in [0.1, 0.15) is 11.1 Å². The standard InChI is InChI=1S/C18H20ClFN2O4S2/c1-13-3-4-15(11-14(13)2)27(23,24)21-7-9-22(10-8-21)28(25,26)16-5-6-18(20)17(19)12-16/h3-6,11-12H,7-10H2,1-2H3. The third kappa shape index (κ3) is 3.95. The van der Waals surface area contributed by atoms with E-state index in [1.165, 1.54) is 8.61 Å². The molecule has 0 spiro atoms. The molecular formula is C18H20ClFN2O4S2. The molecule has 0 aromatic heterocycles. The first-order valence-corrected chi connectivity index (χ1v) is 11.8. The highest BCUT2D eigenvalue weighted by atomic mass is 35.5. The number of benzene rings is 2. The topological polar surface area (TPSA) is 74.8 Å². The maximum Gasteiger partial charge on any atom is 0.243 e. The molecule has 10 heteroatoms. The Kier molecular flexibility index (Phi) is 5.84. The van der Waals surface area contributed by atoms with Gasteiger partial charge in [0.05, 0.1) is 14.8 Å². The van der Waals surface area contributed by atoms with Crippen molar-refractivity contribution in [3.05, 3.63) is 58.4 Å². The molecule has 0 atom stereocenters. The second-order valence-corrected chi connectivity index (χ2v) is 10.9. The number of hydrogen-bond acceptors (Lipinski definition) is 4. The number of nitrogens with zero attached hydrogens (tertiary/aromatic N) is 2. The van der Waals surface area contributed by atoms with Gasteiger partial charge >= 0.3 is 0 Å². The Labute approximate surface area is 169 Å². The van der Waals surface area contributed by atoms with Crippen LogP contribution in [0.5, 0.6) is 0 Å². The Morgan fingerprint density at radius 1 is 0.786 bits per heavy atom. The number of halogens is 2. The lowest BCUT2D eigenvalue weighted by Crippen LogP contribution is -2.50. The molecule has 1 aliphatic rings. The van der Waals surface area contributed by atoms with Crippen molar-refractivity contribution in [3.63, 3.8) is 0 Å². The van der Waals surface area contributed by atoms with Crippen LogP contribution in [0.4, 0.5) is 4.39 Å². The van der Waals surface area contributed by atoms with Crippen molar-refractivity contribution in [2.45, 2.75) is 23.6 Å². The van der Waals surface area contributed by atoms with E-state index in [0.29, 0.717) is 0 Å². The second kappa shape index (κ2) is 7.72. The largest absolute Gasteiger partial charge is 0.243 e. The molecule has 0 N–H and O–H groups in total. The molecule has 3 rings (SSSR count). The molecule has 0 amide bonds. The summed E-state index contributed by atoms with van der Waals surface area (Å²) in [5.41, 5.74) is 1.86. The minimum Gasteiger partial charge on any atom is -0.207 e. The zero-order valence-electron chi connectivity index (χ0n) is 15.4. The normalized spacial score (nSPS) is 17.0. The Bertz CT molecular complexity index is 1020. The molecule has 2 aromatic carbocycles. The third-order valence-electron chi connectivity index (χ3n) is 4.84. The predicted molar refractivity (Wildman–Crippen MR) is 105 cm³/mol. The summed E-state index contributed by atoms with van der Waals surface area (Å²) in [5.74, 6) is -0.704. The Balaban J connectivity index is 1.78. The fraction of sp³-hybridized carbons (Fsp3) is 0.333.